The molecule has 0 bridgehead atoms. The second-order valence-electron chi connectivity index (χ2n) is 4.83. The zero-order chi connectivity index (χ0) is 17.5. The number of carbonyl (C=O) groups is 2. The van der Waals surface area contributed by atoms with Crippen LogP contribution in [0.3, 0.4) is 0 Å². The molecule has 126 valence electrons. The number of amides is 1. The molecule has 0 radical (unpaired) electrons. The van der Waals surface area contributed by atoms with Crippen LogP contribution in [0.25, 0.3) is 0 Å². The van der Waals surface area contributed by atoms with Crippen molar-refractivity contribution in [3.05, 3.63) is 58.1 Å². The van der Waals surface area contributed by atoms with E-state index in [0.29, 0.717) is 27.0 Å². The Kier molecular flexibility index (Phi) is 6.46. The van der Waals surface area contributed by atoms with Crippen LogP contribution in [0.15, 0.2) is 42.5 Å². The van der Waals surface area contributed by atoms with Crippen molar-refractivity contribution in [3.63, 3.8) is 0 Å². The summed E-state index contributed by atoms with van der Waals surface area (Å²) in [6.45, 7) is -0.396. The molecule has 1 N–H and O–H groups in total. The molecule has 0 aliphatic rings. The van der Waals surface area contributed by atoms with E-state index in [1.807, 2.05) is 0 Å². The molecule has 0 aromatic heterocycles. The van der Waals surface area contributed by atoms with Crippen LogP contribution in [0.1, 0.15) is 5.56 Å². The molecule has 0 spiro atoms. The van der Waals surface area contributed by atoms with Gasteiger partial charge in [-0.1, -0.05) is 41.4 Å². The maximum atomic E-state index is 11.8. The summed E-state index contributed by atoms with van der Waals surface area (Å²) in [7, 11) is 1.50. The van der Waals surface area contributed by atoms with Gasteiger partial charge in [0.15, 0.2) is 6.61 Å². The molecule has 0 aliphatic carbocycles. The smallest absolute Gasteiger partial charge is 0.310 e. The van der Waals surface area contributed by atoms with E-state index in [1.165, 1.54) is 7.11 Å². The number of rotatable bonds is 6. The second-order valence-corrected chi connectivity index (χ2v) is 5.64. The summed E-state index contributed by atoms with van der Waals surface area (Å²) in [5, 5.41) is 3.43. The van der Waals surface area contributed by atoms with Crippen LogP contribution in [0.5, 0.6) is 5.75 Å². The summed E-state index contributed by atoms with van der Waals surface area (Å²) < 4.78 is 9.97. The van der Waals surface area contributed by atoms with Gasteiger partial charge in [0.1, 0.15) is 5.75 Å². The zero-order valence-electron chi connectivity index (χ0n) is 12.8. The van der Waals surface area contributed by atoms with Crippen molar-refractivity contribution < 1.29 is 19.1 Å². The fourth-order valence-electron chi connectivity index (χ4n) is 1.94. The van der Waals surface area contributed by atoms with Crippen LogP contribution in [0.4, 0.5) is 5.69 Å². The average Bonchev–Trinajstić information content (AvgIpc) is 2.55. The number of esters is 1. The first kappa shape index (κ1) is 18.1. The van der Waals surface area contributed by atoms with Gasteiger partial charge in [-0.25, -0.2) is 0 Å². The van der Waals surface area contributed by atoms with Gasteiger partial charge in [-0.2, -0.15) is 0 Å². The number of nitrogens with one attached hydrogen (secondary N) is 1. The number of hydrogen-bond acceptors (Lipinski definition) is 4. The van der Waals surface area contributed by atoms with E-state index < -0.39 is 18.5 Å². The predicted octanol–water partition coefficient (Wildman–Crippen LogP) is 3.73. The van der Waals surface area contributed by atoms with Gasteiger partial charge in [0, 0.05) is 10.7 Å². The van der Waals surface area contributed by atoms with Gasteiger partial charge in [-0.05, 0) is 29.8 Å². The van der Waals surface area contributed by atoms with Crippen molar-refractivity contribution in [3.8, 4) is 5.75 Å². The van der Waals surface area contributed by atoms with E-state index in [2.05, 4.69) is 5.32 Å². The summed E-state index contributed by atoms with van der Waals surface area (Å²) in [6, 6.07) is 11.8. The minimum Gasteiger partial charge on any atom is -0.495 e. The average molecular weight is 368 g/mol. The maximum Gasteiger partial charge on any atom is 0.310 e. The van der Waals surface area contributed by atoms with Gasteiger partial charge in [0.25, 0.3) is 5.91 Å². The summed E-state index contributed by atoms with van der Waals surface area (Å²) in [5.74, 6) is -0.504. The standard InChI is InChI=1S/C17H15Cl2NO4/c1-23-15-7-6-12(9-14(15)19)20-16(21)10-24-17(22)8-11-4-2-3-5-13(11)18/h2-7,9H,8,10H2,1H3,(H,20,21). The molecule has 7 heteroatoms. The monoisotopic (exact) mass is 367 g/mol. The second kappa shape index (κ2) is 8.57. The normalized spacial score (nSPS) is 10.1. The van der Waals surface area contributed by atoms with E-state index in [-0.39, 0.29) is 6.42 Å². The van der Waals surface area contributed by atoms with Gasteiger partial charge in [0.05, 0.1) is 18.6 Å². The van der Waals surface area contributed by atoms with Crippen LogP contribution in [-0.2, 0) is 20.7 Å². The molecule has 0 unspecified atom stereocenters. The molecular weight excluding hydrogens is 353 g/mol. The Morgan fingerprint density at radius 1 is 1.08 bits per heavy atom. The molecule has 2 rings (SSSR count). The molecule has 5 nitrogen and oxygen atoms in total. The highest BCUT2D eigenvalue weighted by atomic mass is 35.5. The molecule has 2 aromatic carbocycles. The Morgan fingerprint density at radius 2 is 1.83 bits per heavy atom. The summed E-state index contributed by atoms with van der Waals surface area (Å²) >= 11 is 11.9. The van der Waals surface area contributed by atoms with E-state index in [0.717, 1.165) is 0 Å². The lowest BCUT2D eigenvalue weighted by Gasteiger charge is -2.09. The van der Waals surface area contributed by atoms with Crippen molar-refractivity contribution in [2.75, 3.05) is 19.0 Å². The molecule has 0 atom stereocenters. The lowest BCUT2D eigenvalue weighted by molar-refractivity contribution is -0.146. The van der Waals surface area contributed by atoms with Gasteiger partial charge in [-0.15, -0.1) is 0 Å². The topological polar surface area (TPSA) is 64.6 Å². The Morgan fingerprint density at radius 3 is 2.50 bits per heavy atom. The third-order valence-electron chi connectivity index (χ3n) is 3.09. The first-order valence-corrected chi connectivity index (χ1v) is 7.77. The minimum absolute atomic E-state index is 0.00131. The van der Waals surface area contributed by atoms with E-state index in [9.17, 15) is 9.59 Å². The highest BCUT2D eigenvalue weighted by Gasteiger charge is 2.11. The molecule has 0 saturated carbocycles. The zero-order valence-corrected chi connectivity index (χ0v) is 14.4. The molecule has 1 amide bonds. The van der Waals surface area contributed by atoms with Crippen molar-refractivity contribution in [1.82, 2.24) is 0 Å². The molecule has 0 fully saturated rings. The van der Waals surface area contributed by atoms with Crippen LogP contribution in [0.2, 0.25) is 10.0 Å². The maximum absolute atomic E-state index is 11.8. The Hall–Kier alpha value is -2.24. The van der Waals surface area contributed by atoms with E-state index in [4.69, 9.17) is 32.7 Å². The lowest BCUT2D eigenvalue weighted by Crippen LogP contribution is -2.21. The fraction of sp³-hybridized carbons (Fsp3) is 0.176. The first-order valence-electron chi connectivity index (χ1n) is 7.02. The van der Waals surface area contributed by atoms with Crippen molar-refractivity contribution in [2.24, 2.45) is 0 Å². The first-order chi connectivity index (χ1) is 11.5. The SMILES string of the molecule is COc1ccc(NC(=O)COC(=O)Cc2ccccc2Cl)cc1Cl. The van der Waals surface area contributed by atoms with Crippen LogP contribution < -0.4 is 10.1 Å². The fourth-order valence-corrected chi connectivity index (χ4v) is 2.40. The van der Waals surface area contributed by atoms with Crippen molar-refractivity contribution in [1.29, 1.82) is 0 Å². The quantitative estimate of drug-likeness (QED) is 0.790. The number of benzene rings is 2. The Balaban J connectivity index is 1.83. The number of hydrogen-bond donors (Lipinski definition) is 1. The van der Waals surface area contributed by atoms with Crippen LogP contribution in [-0.4, -0.2) is 25.6 Å². The summed E-state index contributed by atoms with van der Waals surface area (Å²) in [5.41, 5.74) is 1.12. The van der Waals surface area contributed by atoms with Gasteiger partial charge >= 0.3 is 5.97 Å². The summed E-state index contributed by atoms with van der Waals surface area (Å²) in [4.78, 5) is 23.6. The van der Waals surface area contributed by atoms with Gasteiger partial charge in [0.2, 0.25) is 0 Å². The Bertz CT molecular complexity index is 749. The van der Waals surface area contributed by atoms with Crippen LogP contribution in [0, 0.1) is 0 Å². The highest BCUT2D eigenvalue weighted by Crippen LogP contribution is 2.27. The number of carbonyl (C=O) groups excluding carboxylic acids is 2. The third-order valence-corrected chi connectivity index (χ3v) is 3.76. The number of anilines is 1. The predicted molar refractivity (Wildman–Crippen MR) is 92.7 cm³/mol. The Labute approximate surface area is 149 Å². The van der Waals surface area contributed by atoms with E-state index in [1.54, 1.807) is 42.5 Å². The third kappa shape index (κ3) is 5.15. The minimum atomic E-state index is -0.536. The molecule has 24 heavy (non-hydrogen) atoms. The van der Waals surface area contributed by atoms with Crippen molar-refractivity contribution >= 4 is 40.8 Å². The molecule has 0 aliphatic heterocycles. The number of halogens is 2. The lowest BCUT2D eigenvalue weighted by atomic mass is 10.1. The van der Waals surface area contributed by atoms with Gasteiger partial charge in [-0.3, -0.25) is 9.59 Å². The van der Waals surface area contributed by atoms with Crippen molar-refractivity contribution in [2.45, 2.75) is 6.42 Å². The van der Waals surface area contributed by atoms with E-state index >= 15 is 0 Å². The highest BCUT2D eigenvalue weighted by molar-refractivity contribution is 6.32. The molecule has 0 saturated heterocycles. The van der Waals surface area contributed by atoms with Gasteiger partial charge < -0.3 is 14.8 Å². The molecular formula is C17H15Cl2NO4. The molecule has 0 heterocycles. The largest absolute Gasteiger partial charge is 0.495 e. The number of methoxy groups -OCH3 is 1. The molecule has 2 aromatic rings. The summed E-state index contributed by atoms with van der Waals surface area (Å²) in [6.07, 6.45) is 0.00131. The van der Waals surface area contributed by atoms with Crippen LogP contribution >= 0.6 is 23.2 Å². The number of ether oxygens (including phenoxy) is 2.